The van der Waals surface area contributed by atoms with Gasteiger partial charge in [-0.25, -0.2) is 0 Å². The second-order valence-electron chi connectivity index (χ2n) is 7.86. The Balaban J connectivity index is 1.46. The molecule has 0 spiro atoms. The van der Waals surface area contributed by atoms with Crippen LogP contribution in [0.2, 0.25) is 0 Å². The predicted octanol–water partition coefficient (Wildman–Crippen LogP) is 3.11. The molecule has 1 saturated heterocycles. The van der Waals surface area contributed by atoms with E-state index in [0.29, 0.717) is 17.6 Å². The quantitative estimate of drug-likeness (QED) is 0.379. The second kappa shape index (κ2) is 10.3. The maximum atomic E-state index is 12.7. The molecule has 1 aliphatic carbocycles. The van der Waals surface area contributed by atoms with E-state index < -0.39 is 6.36 Å². The summed E-state index contributed by atoms with van der Waals surface area (Å²) in [4.78, 5) is 6.75. The molecule has 1 heterocycles. The Labute approximate surface area is 175 Å². The van der Waals surface area contributed by atoms with E-state index in [1.807, 2.05) is 0 Å². The van der Waals surface area contributed by atoms with E-state index in [9.17, 15) is 13.2 Å². The van der Waals surface area contributed by atoms with Crippen molar-refractivity contribution in [3.05, 3.63) is 29.8 Å². The van der Waals surface area contributed by atoms with Gasteiger partial charge in [-0.1, -0.05) is 18.2 Å². The molecule has 2 atom stereocenters. The summed E-state index contributed by atoms with van der Waals surface area (Å²) in [6, 6.07) is 6.74. The Hall–Kier alpha value is -2.00. The van der Waals surface area contributed by atoms with Crippen molar-refractivity contribution in [2.24, 2.45) is 4.99 Å². The van der Waals surface area contributed by atoms with E-state index in [2.05, 4.69) is 25.3 Å². The number of para-hydroxylation sites is 1. The first-order valence-electron chi connectivity index (χ1n) is 10.5. The van der Waals surface area contributed by atoms with E-state index in [1.54, 1.807) is 32.4 Å². The molecule has 1 aromatic rings. The largest absolute Gasteiger partial charge is 0.573 e. The second-order valence-corrected chi connectivity index (χ2v) is 7.86. The third-order valence-electron chi connectivity index (χ3n) is 5.63. The van der Waals surface area contributed by atoms with Crippen molar-refractivity contribution in [2.45, 2.75) is 50.0 Å². The first kappa shape index (κ1) is 22.7. The Morgan fingerprint density at radius 2 is 1.93 bits per heavy atom. The Kier molecular flexibility index (Phi) is 7.82. The summed E-state index contributed by atoms with van der Waals surface area (Å²) in [5.41, 5.74) is 0.576. The topological polar surface area (TPSA) is 58.1 Å². The zero-order valence-electron chi connectivity index (χ0n) is 17.5. The van der Waals surface area contributed by atoms with Crippen LogP contribution in [0.25, 0.3) is 0 Å². The summed E-state index contributed by atoms with van der Waals surface area (Å²) >= 11 is 0. The molecule has 30 heavy (non-hydrogen) atoms. The van der Waals surface area contributed by atoms with Crippen LogP contribution >= 0.6 is 0 Å². The monoisotopic (exact) mass is 428 g/mol. The van der Waals surface area contributed by atoms with Crippen LogP contribution in [0.15, 0.2) is 29.3 Å². The molecule has 0 amide bonds. The number of methoxy groups -OCH3 is 1. The molecule has 1 saturated carbocycles. The van der Waals surface area contributed by atoms with Crippen LogP contribution in [-0.4, -0.2) is 69.7 Å². The molecule has 0 bridgehead atoms. The van der Waals surface area contributed by atoms with Crippen LogP contribution in [0, 0.1) is 0 Å². The number of hydrogen-bond donors (Lipinski definition) is 2. The average molecular weight is 428 g/mol. The van der Waals surface area contributed by atoms with Crippen molar-refractivity contribution < 1.29 is 22.6 Å². The molecule has 1 aliphatic heterocycles. The summed E-state index contributed by atoms with van der Waals surface area (Å²) in [6.07, 6.45) is -0.838. The number of alkyl halides is 3. The molecule has 2 unspecified atom stereocenters. The number of nitrogens with one attached hydrogen (secondary N) is 2. The summed E-state index contributed by atoms with van der Waals surface area (Å²) in [7, 11) is 3.44. The fourth-order valence-corrected chi connectivity index (χ4v) is 3.98. The number of likely N-dealkylation sites (tertiary alicyclic amines) is 1. The van der Waals surface area contributed by atoms with Crippen LogP contribution in [0.4, 0.5) is 13.2 Å². The maximum absolute atomic E-state index is 12.7. The predicted molar refractivity (Wildman–Crippen MR) is 110 cm³/mol. The van der Waals surface area contributed by atoms with Gasteiger partial charge in [0, 0.05) is 58.4 Å². The van der Waals surface area contributed by atoms with Gasteiger partial charge in [0.15, 0.2) is 5.96 Å². The molecule has 0 radical (unpaired) electrons. The van der Waals surface area contributed by atoms with Gasteiger partial charge in [0.1, 0.15) is 5.75 Å². The standard InChI is InChI=1S/C21H31F3N4O2/c1-25-20(26-15-8-11-28(12-9-15)10-5-13-29-2)27-18-14-17(18)16-6-3-4-7-19(16)30-21(22,23)24/h3-4,6-7,15,17-18H,5,8-14H2,1-2H3,(H2,25,26,27). The molecule has 0 aromatic heterocycles. The van der Waals surface area contributed by atoms with Crippen molar-refractivity contribution in [2.75, 3.05) is 40.4 Å². The number of aliphatic imine (C=N–C) groups is 1. The summed E-state index contributed by atoms with van der Waals surface area (Å²) in [5.74, 6) is 0.558. The highest BCUT2D eigenvalue weighted by Crippen LogP contribution is 2.45. The fraction of sp³-hybridized carbons (Fsp3) is 0.667. The average Bonchev–Trinajstić information content (AvgIpc) is 3.47. The smallest absolute Gasteiger partial charge is 0.405 e. The fourth-order valence-electron chi connectivity index (χ4n) is 3.98. The molecule has 2 aliphatic rings. The maximum Gasteiger partial charge on any atom is 0.573 e. The number of benzene rings is 1. The Bertz CT molecular complexity index is 706. The minimum atomic E-state index is -4.69. The third-order valence-corrected chi connectivity index (χ3v) is 5.63. The van der Waals surface area contributed by atoms with E-state index in [0.717, 1.165) is 51.9 Å². The third kappa shape index (κ3) is 6.77. The highest BCUT2D eigenvalue weighted by Gasteiger charge is 2.42. The van der Waals surface area contributed by atoms with Crippen molar-refractivity contribution in [1.29, 1.82) is 0 Å². The highest BCUT2D eigenvalue weighted by atomic mass is 19.4. The minimum Gasteiger partial charge on any atom is -0.405 e. The lowest BCUT2D eigenvalue weighted by atomic mass is 10.1. The van der Waals surface area contributed by atoms with E-state index in [1.165, 1.54) is 6.07 Å². The number of guanidine groups is 1. The van der Waals surface area contributed by atoms with E-state index >= 15 is 0 Å². The van der Waals surface area contributed by atoms with Gasteiger partial charge in [0.05, 0.1) is 0 Å². The van der Waals surface area contributed by atoms with Crippen LogP contribution in [-0.2, 0) is 4.74 Å². The first-order chi connectivity index (χ1) is 14.4. The molecule has 2 N–H and O–H groups in total. The molecule has 2 fully saturated rings. The number of ether oxygens (including phenoxy) is 2. The molecule has 1 aromatic carbocycles. The number of piperidine rings is 1. The molecule has 3 rings (SSSR count). The number of nitrogens with zero attached hydrogens (tertiary/aromatic N) is 2. The van der Waals surface area contributed by atoms with Crippen LogP contribution < -0.4 is 15.4 Å². The lowest BCUT2D eigenvalue weighted by Crippen LogP contribution is -2.49. The van der Waals surface area contributed by atoms with E-state index in [-0.39, 0.29) is 17.7 Å². The van der Waals surface area contributed by atoms with Crippen molar-refractivity contribution in [3.63, 3.8) is 0 Å². The summed E-state index contributed by atoms with van der Waals surface area (Å²) in [6.45, 7) is 3.91. The molecule has 168 valence electrons. The molecular formula is C21H31F3N4O2. The van der Waals surface area contributed by atoms with Gasteiger partial charge in [-0.3, -0.25) is 4.99 Å². The molecule has 9 heteroatoms. The van der Waals surface area contributed by atoms with Gasteiger partial charge in [-0.2, -0.15) is 0 Å². The van der Waals surface area contributed by atoms with Gasteiger partial charge >= 0.3 is 6.36 Å². The zero-order valence-corrected chi connectivity index (χ0v) is 17.5. The van der Waals surface area contributed by atoms with Gasteiger partial charge in [0.25, 0.3) is 0 Å². The Morgan fingerprint density at radius 1 is 1.20 bits per heavy atom. The number of hydrogen-bond acceptors (Lipinski definition) is 4. The van der Waals surface area contributed by atoms with Crippen molar-refractivity contribution in [1.82, 2.24) is 15.5 Å². The molecular weight excluding hydrogens is 397 g/mol. The van der Waals surface area contributed by atoms with Crippen molar-refractivity contribution in [3.8, 4) is 5.75 Å². The van der Waals surface area contributed by atoms with Crippen LogP contribution in [0.5, 0.6) is 5.75 Å². The van der Waals surface area contributed by atoms with Crippen LogP contribution in [0.3, 0.4) is 0 Å². The van der Waals surface area contributed by atoms with Gasteiger partial charge in [-0.05, 0) is 37.3 Å². The zero-order chi connectivity index (χ0) is 21.6. The van der Waals surface area contributed by atoms with Crippen molar-refractivity contribution >= 4 is 5.96 Å². The number of rotatable bonds is 8. The lowest BCUT2D eigenvalue weighted by molar-refractivity contribution is -0.274. The molecule has 6 nitrogen and oxygen atoms in total. The normalized spacial score (nSPS) is 23.3. The SMILES string of the molecule is CN=C(NC1CCN(CCCOC)CC1)NC1CC1c1ccccc1OC(F)(F)F. The summed E-state index contributed by atoms with van der Waals surface area (Å²) in [5, 5.41) is 6.82. The first-order valence-corrected chi connectivity index (χ1v) is 10.5. The highest BCUT2D eigenvalue weighted by molar-refractivity contribution is 5.81. The number of halogens is 3. The minimum absolute atomic E-state index is 0.0234. The lowest BCUT2D eigenvalue weighted by Gasteiger charge is -2.33. The van der Waals surface area contributed by atoms with Crippen LogP contribution in [0.1, 0.15) is 37.2 Å². The van der Waals surface area contributed by atoms with Gasteiger partial charge in [0.2, 0.25) is 0 Å². The summed E-state index contributed by atoms with van der Waals surface area (Å²) < 4.78 is 47.3. The van der Waals surface area contributed by atoms with E-state index in [4.69, 9.17) is 4.74 Å². The Morgan fingerprint density at radius 3 is 2.60 bits per heavy atom. The van der Waals surface area contributed by atoms with Gasteiger partial charge in [-0.15, -0.1) is 13.2 Å². The van der Waals surface area contributed by atoms with Gasteiger partial charge < -0.3 is 25.0 Å².